The van der Waals surface area contributed by atoms with Crippen LogP contribution in [0.2, 0.25) is 0 Å². The van der Waals surface area contributed by atoms with Crippen molar-refractivity contribution < 1.29 is 17.9 Å². The van der Waals surface area contributed by atoms with Gasteiger partial charge in [0, 0.05) is 25.7 Å². The minimum absolute atomic E-state index is 0.292. The van der Waals surface area contributed by atoms with Gasteiger partial charge in [0.25, 0.3) is 0 Å². The van der Waals surface area contributed by atoms with Gasteiger partial charge in [-0.05, 0) is 43.4 Å². The summed E-state index contributed by atoms with van der Waals surface area (Å²) < 4.78 is 43.4. The number of benzene rings is 1. The molecule has 0 radical (unpaired) electrons. The molecule has 1 aromatic rings. The van der Waals surface area contributed by atoms with E-state index in [0.717, 1.165) is 31.6 Å². The minimum Gasteiger partial charge on any atom is -0.377 e. The third-order valence-electron chi connectivity index (χ3n) is 4.19. The highest BCUT2D eigenvalue weighted by molar-refractivity contribution is 5.24. The van der Waals surface area contributed by atoms with Crippen molar-refractivity contribution >= 4 is 0 Å². The Morgan fingerprint density at radius 1 is 1.10 bits per heavy atom. The lowest BCUT2D eigenvalue weighted by Crippen LogP contribution is -2.33. The van der Waals surface area contributed by atoms with Gasteiger partial charge >= 0.3 is 6.18 Å². The summed E-state index contributed by atoms with van der Waals surface area (Å²) in [5, 5.41) is 0. The number of alkyl halides is 3. The van der Waals surface area contributed by atoms with Gasteiger partial charge in [0.2, 0.25) is 0 Å². The second kappa shape index (κ2) is 5.97. The van der Waals surface area contributed by atoms with Crippen molar-refractivity contribution in [3.05, 3.63) is 35.4 Å². The van der Waals surface area contributed by atoms with Crippen molar-refractivity contribution in [1.29, 1.82) is 0 Å². The molecule has 0 spiro atoms. The van der Waals surface area contributed by atoms with Crippen LogP contribution in [-0.2, 0) is 17.5 Å². The maximum atomic E-state index is 12.6. The van der Waals surface area contributed by atoms with Crippen LogP contribution >= 0.6 is 0 Å². The zero-order valence-corrected chi connectivity index (χ0v) is 11.9. The minimum atomic E-state index is -4.26. The van der Waals surface area contributed by atoms with Gasteiger partial charge in [-0.25, -0.2) is 0 Å². The van der Waals surface area contributed by atoms with Gasteiger partial charge in [-0.3, -0.25) is 4.90 Å². The van der Waals surface area contributed by atoms with Crippen LogP contribution in [0.5, 0.6) is 0 Å². The second-order valence-corrected chi connectivity index (χ2v) is 5.99. The van der Waals surface area contributed by atoms with Crippen LogP contribution in [0.1, 0.15) is 36.8 Å². The average Bonchev–Trinajstić information content (AvgIpc) is 3.16. The fourth-order valence-corrected chi connectivity index (χ4v) is 2.87. The summed E-state index contributed by atoms with van der Waals surface area (Å²) in [6.45, 7) is 2.44. The van der Waals surface area contributed by atoms with Crippen LogP contribution in [0.25, 0.3) is 0 Å². The Kier molecular flexibility index (Phi) is 4.22. The molecule has 5 heteroatoms. The smallest absolute Gasteiger partial charge is 0.377 e. The molecule has 2 aliphatic rings. The van der Waals surface area contributed by atoms with E-state index in [4.69, 9.17) is 4.74 Å². The normalized spacial score (nSPS) is 23.0. The summed E-state index contributed by atoms with van der Waals surface area (Å²) in [7, 11) is 0. The Hall–Kier alpha value is -1.07. The highest BCUT2D eigenvalue weighted by Gasteiger charge is 2.32. The molecule has 0 amide bonds. The zero-order valence-electron chi connectivity index (χ0n) is 11.9. The molecule has 1 aliphatic heterocycles. The molecule has 0 bridgehead atoms. The molecule has 116 valence electrons. The van der Waals surface area contributed by atoms with Crippen molar-refractivity contribution in [2.75, 3.05) is 13.2 Å². The first-order valence-corrected chi connectivity index (χ1v) is 7.54. The highest BCUT2D eigenvalue weighted by atomic mass is 19.4. The summed E-state index contributed by atoms with van der Waals surface area (Å²) in [6.07, 6.45) is 0.618. The van der Waals surface area contributed by atoms with Gasteiger partial charge in [0.05, 0.1) is 11.7 Å². The number of halogens is 3. The van der Waals surface area contributed by atoms with Gasteiger partial charge in [0.15, 0.2) is 0 Å². The van der Waals surface area contributed by atoms with Gasteiger partial charge in [-0.2, -0.15) is 13.2 Å². The molecule has 0 unspecified atom stereocenters. The molecular weight excluding hydrogens is 279 g/mol. The average molecular weight is 299 g/mol. The van der Waals surface area contributed by atoms with E-state index in [1.807, 2.05) is 0 Å². The molecule has 21 heavy (non-hydrogen) atoms. The molecule has 1 aromatic carbocycles. The van der Waals surface area contributed by atoms with Gasteiger partial charge in [-0.1, -0.05) is 12.1 Å². The highest BCUT2D eigenvalue weighted by Crippen LogP contribution is 2.31. The molecule has 3 rings (SSSR count). The largest absolute Gasteiger partial charge is 0.416 e. The predicted molar refractivity (Wildman–Crippen MR) is 73.9 cm³/mol. The lowest BCUT2D eigenvalue weighted by atomic mass is 10.1. The summed E-state index contributed by atoms with van der Waals surface area (Å²) in [5.74, 6) is 0. The molecule has 1 saturated heterocycles. The van der Waals surface area contributed by atoms with E-state index >= 15 is 0 Å². The zero-order chi connectivity index (χ0) is 14.9. The molecule has 0 aromatic heterocycles. The molecule has 2 nitrogen and oxygen atoms in total. The molecule has 1 aliphatic carbocycles. The quantitative estimate of drug-likeness (QED) is 0.819. The Bertz CT molecular complexity index is 461. The number of nitrogens with zero attached hydrogens (tertiary/aromatic N) is 1. The predicted octanol–water partition coefficient (Wildman–Crippen LogP) is 3.85. The standard InChI is InChI=1S/C16H20F3NO/c17-16(18,19)13-5-3-12(4-6-13)10-20(14-7-8-14)11-15-2-1-9-21-15/h3-6,14-15H,1-2,7-11H2/t15-/m1/s1. The Labute approximate surface area is 122 Å². The first-order valence-electron chi connectivity index (χ1n) is 7.54. The summed E-state index contributed by atoms with van der Waals surface area (Å²) in [6, 6.07) is 6.11. The van der Waals surface area contributed by atoms with Crippen molar-refractivity contribution in [2.45, 2.75) is 50.6 Å². The number of rotatable bonds is 5. The summed E-state index contributed by atoms with van der Waals surface area (Å²) >= 11 is 0. The fourth-order valence-electron chi connectivity index (χ4n) is 2.87. The van der Waals surface area contributed by atoms with Crippen LogP contribution < -0.4 is 0 Å². The Morgan fingerprint density at radius 2 is 1.81 bits per heavy atom. The molecule has 1 atom stereocenters. The summed E-state index contributed by atoms with van der Waals surface area (Å²) in [5.41, 5.74) is 0.358. The number of hydrogen-bond acceptors (Lipinski definition) is 2. The van der Waals surface area contributed by atoms with E-state index in [1.165, 1.54) is 25.0 Å². The van der Waals surface area contributed by atoms with Gasteiger partial charge < -0.3 is 4.74 Å². The van der Waals surface area contributed by atoms with E-state index < -0.39 is 11.7 Å². The van der Waals surface area contributed by atoms with Gasteiger partial charge in [-0.15, -0.1) is 0 Å². The fraction of sp³-hybridized carbons (Fsp3) is 0.625. The van der Waals surface area contributed by atoms with Crippen LogP contribution in [0.15, 0.2) is 24.3 Å². The van der Waals surface area contributed by atoms with Crippen LogP contribution in [0.4, 0.5) is 13.2 Å². The third kappa shape index (κ3) is 3.98. The van der Waals surface area contributed by atoms with Gasteiger partial charge in [0.1, 0.15) is 0 Å². The van der Waals surface area contributed by atoms with Crippen molar-refractivity contribution in [3.63, 3.8) is 0 Å². The van der Waals surface area contributed by atoms with E-state index in [2.05, 4.69) is 4.90 Å². The molecule has 1 saturated carbocycles. The molecule has 1 heterocycles. The first-order chi connectivity index (χ1) is 10.0. The number of ether oxygens (including phenoxy) is 1. The third-order valence-corrected chi connectivity index (χ3v) is 4.19. The van der Waals surface area contributed by atoms with Crippen LogP contribution in [-0.4, -0.2) is 30.2 Å². The SMILES string of the molecule is FC(F)(F)c1ccc(CN(C[C@H]2CCCO2)C2CC2)cc1. The van der Waals surface area contributed by atoms with E-state index in [0.29, 0.717) is 18.7 Å². The molecular formula is C16H20F3NO. The number of hydrogen-bond donors (Lipinski definition) is 0. The van der Waals surface area contributed by atoms with Crippen LogP contribution in [0.3, 0.4) is 0 Å². The second-order valence-electron chi connectivity index (χ2n) is 5.99. The van der Waals surface area contributed by atoms with Crippen molar-refractivity contribution in [1.82, 2.24) is 4.90 Å². The maximum absolute atomic E-state index is 12.6. The Balaban J connectivity index is 1.62. The first kappa shape index (κ1) is 14.9. The van der Waals surface area contributed by atoms with Crippen molar-refractivity contribution in [3.8, 4) is 0 Å². The van der Waals surface area contributed by atoms with E-state index in [9.17, 15) is 13.2 Å². The topological polar surface area (TPSA) is 12.5 Å². The lowest BCUT2D eigenvalue weighted by molar-refractivity contribution is -0.137. The van der Waals surface area contributed by atoms with Crippen LogP contribution in [0, 0.1) is 0 Å². The lowest BCUT2D eigenvalue weighted by Gasteiger charge is -2.25. The maximum Gasteiger partial charge on any atom is 0.416 e. The molecule has 2 fully saturated rings. The molecule has 0 N–H and O–H groups in total. The van der Waals surface area contributed by atoms with E-state index in [-0.39, 0.29) is 0 Å². The monoisotopic (exact) mass is 299 g/mol. The summed E-state index contributed by atoms with van der Waals surface area (Å²) in [4.78, 5) is 2.36. The van der Waals surface area contributed by atoms with E-state index in [1.54, 1.807) is 12.1 Å². The Morgan fingerprint density at radius 3 is 2.33 bits per heavy atom. The van der Waals surface area contributed by atoms with Crippen molar-refractivity contribution in [2.24, 2.45) is 0 Å².